The Kier molecular flexibility index (Phi) is 2.95. The molecule has 0 N–H and O–H groups in total. The van der Waals surface area contributed by atoms with Crippen molar-refractivity contribution in [1.82, 2.24) is 0 Å². The molecular weight excluding hydrogens is 300 g/mol. The summed E-state index contributed by atoms with van der Waals surface area (Å²) in [5, 5.41) is 0. The van der Waals surface area contributed by atoms with E-state index in [0.717, 1.165) is 0 Å². The van der Waals surface area contributed by atoms with Gasteiger partial charge < -0.3 is 0 Å². The molecule has 3 rings (SSSR count). The zero-order valence-electron chi connectivity index (χ0n) is 10.7. The molecule has 1 atom stereocenters. The minimum Gasteiger partial charge on any atom is -0.0803 e. The van der Waals surface area contributed by atoms with E-state index in [1.54, 1.807) is 0 Å². The van der Waals surface area contributed by atoms with Crippen LogP contribution in [0.5, 0.6) is 0 Å². The summed E-state index contributed by atoms with van der Waals surface area (Å²) in [6.45, 7) is 5.01. The fourth-order valence-corrected chi connectivity index (χ4v) is 6.87. The van der Waals surface area contributed by atoms with E-state index in [-0.39, 0.29) is 0 Å². The number of fused-ring (bicyclic) bond motifs is 1. The van der Waals surface area contributed by atoms with Crippen LogP contribution in [0.3, 0.4) is 0 Å². The molecule has 0 nitrogen and oxygen atoms in total. The molecule has 18 heavy (non-hydrogen) atoms. The van der Waals surface area contributed by atoms with Gasteiger partial charge in [-0.25, -0.2) is 0 Å². The zero-order chi connectivity index (χ0) is 12.8. The average molecular weight is 317 g/mol. The maximum absolute atomic E-state index is 3.66. The minimum atomic E-state index is -1.39. The molecular formula is C16H17BrSi. The molecule has 0 saturated heterocycles. The fraction of sp³-hybridized carbons (Fsp3) is 0.250. The molecule has 2 aliphatic carbocycles. The van der Waals surface area contributed by atoms with E-state index in [9.17, 15) is 0 Å². The lowest BCUT2D eigenvalue weighted by Crippen LogP contribution is -2.37. The van der Waals surface area contributed by atoms with Crippen molar-refractivity contribution in [2.45, 2.75) is 24.2 Å². The monoisotopic (exact) mass is 316 g/mol. The zero-order valence-corrected chi connectivity index (χ0v) is 13.3. The van der Waals surface area contributed by atoms with E-state index < -0.39 is 8.07 Å². The third-order valence-electron chi connectivity index (χ3n) is 4.29. The SMILES string of the molecule is C[Si](C)(C1C=CC=C1)C1C=Cc2c(Br)cccc21. The van der Waals surface area contributed by atoms with E-state index in [1.165, 1.54) is 15.6 Å². The maximum Gasteiger partial charge on any atom is 0.0707 e. The van der Waals surface area contributed by atoms with Crippen LogP contribution in [0, 0.1) is 0 Å². The Morgan fingerprint density at radius 2 is 1.78 bits per heavy atom. The van der Waals surface area contributed by atoms with E-state index in [4.69, 9.17) is 0 Å². The fourth-order valence-electron chi connectivity index (χ4n) is 3.08. The van der Waals surface area contributed by atoms with Crippen molar-refractivity contribution >= 4 is 30.1 Å². The van der Waals surface area contributed by atoms with Crippen molar-refractivity contribution < 1.29 is 0 Å². The van der Waals surface area contributed by atoms with Gasteiger partial charge in [0.15, 0.2) is 0 Å². The van der Waals surface area contributed by atoms with E-state index in [2.05, 4.69) is 83.7 Å². The molecule has 0 aromatic heterocycles. The Morgan fingerprint density at radius 3 is 2.50 bits per heavy atom. The predicted octanol–water partition coefficient (Wildman–Crippen LogP) is 5.30. The highest BCUT2D eigenvalue weighted by atomic mass is 79.9. The van der Waals surface area contributed by atoms with Crippen molar-refractivity contribution in [3.8, 4) is 0 Å². The maximum atomic E-state index is 3.66. The first kappa shape index (κ1) is 12.2. The molecule has 0 fully saturated rings. The van der Waals surface area contributed by atoms with Gasteiger partial charge in [0.1, 0.15) is 0 Å². The number of halogens is 1. The molecule has 2 aliphatic rings. The van der Waals surface area contributed by atoms with Gasteiger partial charge in [-0.2, -0.15) is 0 Å². The molecule has 0 amide bonds. The topological polar surface area (TPSA) is 0 Å². The predicted molar refractivity (Wildman–Crippen MR) is 85.4 cm³/mol. The van der Waals surface area contributed by atoms with Crippen LogP contribution >= 0.6 is 15.9 Å². The molecule has 0 radical (unpaired) electrons. The second-order valence-corrected chi connectivity index (χ2v) is 11.5. The van der Waals surface area contributed by atoms with Crippen LogP contribution in [0.25, 0.3) is 6.08 Å². The molecule has 1 aromatic rings. The quantitative estimate of drug-likeness (QED) is 0.649. The van der Waals surface area contributed by atoms with Crippen LogP contribution in [-0.2, 0) is 0 Å². The summed E-state index contributed by atoms with van der Waals surface area (Å²) in [5.41, 5.74) is 4.18. The summed E-state index contributed by atoms with van der Waals surface area (Å²) >= 11 is 3.66. The molecule has 2 heteroatoms. The third-order valence-corrected chi connectivity index (χ3v) is 9.19. The Bertz CT molecular complexity index is 554. The van der Waals surface area contributed by atoms with Crippen molar-refractivity contribution in [3.63, 3.8) is 0 Å². The summed E-state index contributed by atoms with van der Waals surface area (Å²) in [4.78, 5) is 0. The number of allylic oxidation sites excluding steroid dienone is 5. The van der Waals surface area contributed by atoms with Gasteiger partial charge in [0, 0.05) is 4.47 Å². The van der Waals surface area contributed by atoms with Gasteiger partial charge in [0.2, 0.25) is 0 Å². The molecule has 1 aromatic carbocycles. The number of benzene rings is 1. The van der Waals surface area contributed by atoms with Crippen LogP contribution < -0.4 is 0 Å². The Labute approximate surface area is 118 Å². The summed E-state index contributed by atoms with van der Waals surface area (Å²) in [5.74, 6) is 0. The van der Waals surface area contributed by atoms with Gasteiger partial charge in [0.05, 0.1) is 8.07 Å². The van der Waals surface area contributed by atoms with Crippen LogP contribution in [0.15, 0.2) is 53.1 Å². The molecule has 0 spiro atoms. The van der Waals surface area contributed by atoms with E-state index in [1.807, 2.05) is 0 Å². The minimum absolute atomic E-state index is 0.627. The second-order valence-electron chi connectivity index (χ2n) is 5.70. The highest BCUT2D eigenvalue weighted by Crippen LogP contribution is 2.45. The second kappa shape index (κ2) is 4.36. The summed E-state index contributed by atoms with van der Waals surface area (Å²) in [6.07, 6.45) is 13.8. The molecule has 0 aliphatic heterocycles. The third kappa shape index (κ3) is 1.79. The highest BCUT2D eigenvalue weighted by Gasteiger charge is 2.39. The van der Waals surface area contributed by atoms with Gasteiger partial charge in [-0.15, -0.1) is 0 Å². The summed E-state index contributed by atoms with van der Waals surface area (Å²) < 4.78 is 1.22. The van der Waals surface area contributed by atoms with Crippen molar-refractivity contribution in [3.05, 3.63) is 64.2 Å². The average Bonchev–Trinajstić information content (AvgIpc) is 2.99. The number of rotatable bonds is 2. The Balaban J connectivity index is 2.02. The summed E-state index contributed by atoms with van der Waals surface area (Å²) in [6, 6.07) is 6.59. The van der Waals surface area contributed by atoms with E-state index >= 15 is 0 Å². The Morgan fingerprint density at radius 1 is 1.06 bits per heavy atom. The standard InChI is InChI=1S/C16H17BrSi/c1-18(2,12-6-3-4-7-12)16-11-10-13-14(16)8-5-9-15(13)17/h3-12,16H,1-2H3. The van der Waals surface area contributed by atoms with Crippen molar-refractivity contribution in [2.24, 2.45) is 0 Å². The van der Waals surface area contributed by atoms with Crippen LogP contribution in [-0.4, -0.2) is 8.07 Å². The first-order chi connectivity index (χ1) is 8.60. The highest BCUT2D eigenvalue weighted by molar-refractivity contribution is 9.10. The Hall–Kier alpha value is -0.863. The lowest BCUT2D eigenvalue weighted by atomic mass is 10.1. The van der Waals surface area contributed by atoms with Gasteiger partial charge in [-0.05, 0) is 28.3 Å². The number of hydrogen-bond donors (Lipinski definition) is 0. The van der Waals surface area contributed by atoms with Crippen LogP contribution in [0.1, 0.15) is 16.7 Å². The van der Waals surface area contributed by atoms with Crippen LogP contribution in [0.4, 0.5) is 0 Å². The van der Waals surface area contributed by atoms with Crippen molar-refractivity contribution in [2.75, 3.05) is 0 Å². The summed E-state index contributed by atoms with van der Waals surface area (Å²) in [7, 11) is -1.39. The molecule has 92 valence electrons. The molecule has 0 bridgehead atoms. The molecule has 0 heterocycles. The van der Waals surface area contributed by atoms with Crippen molar-refractivity contribution in [1.29, 1.82) is 0 Å². The molecule has 0 saturated carbocycles. The van der Waals surface area contributed by atoms with Gasteiger partial charge in [0.25, 0.3) is 0 Å². The van der Waals surface area contributed by atoms with Gasteiger partial charge in [-0.1, -0.05) is 77.6 Å². The van der Waals surface area contributed by atoms with Gasteiger partial charge in [-0.3, -0.25) is 0 Å². The lowest BCUT2D eigenvalue weighted by Gasteiger charge is -2.33. The van der Waals surface area contributed by atoms with Crippen LogP contribution in [0.2, 0.25) is 18.6 Å². The largest absolute Gasteiger partial charge is 0.0803 e. The number of hydrogen-bond acceptors (Lipinski definition) is 0. The molecule has 1 unspecified atom stereocenters. The first-order valence-corrected chi connectivity index (χ1v) is 10.4. The smallest absolute Gasteiger partial charge is 0.0707 e. The first-order valence-electron chi connectivity index (χ1n) is 6.42. The van der Waals surface area contributed by atoms with E-state index in [0.29, 0.717) is 11.1 Å². The lowest BCUT2D eigenvalue weighted by molar-refractivity contribution is 1.09. The normalized spacial score (nSPS) is 21.8. The van der Waals surface area contributed by atoms with Gasteiger partial charge >= 0.3 is 0 Å².